The predicted molar refractivity (Wildman–Crippen MR) is 96.5 cm³/mol. The van der Waals surface area contributed by atoms with Crippen molar-refractivity contribution in [2.24, 2.45) is 0 Å². The first-order valence-electron chi connectivity index (χ1n) is 8.48. The van der Waals surface area contributed by atoms with Crippen molar-refractivity contribution in [3.63, 3.8) is 0 Å². The molecule has 1 aliphatic heterocycles. The average Bonchev–Trinajstić information content (AvgIpc) is 2.93. The summed E-state index contributed by atoms with van der Waals surface area (Å²) in [5.41, 5.74) is 1.79. The molecule has 1 aromatic carbocycles. The number of aromatic hydroxyl groups is 1. The lowest BCUT2D eigenvalue weighted by Crippen LogP contribution is -2.19. The third-order valence-electron chi connectivity index (χ3n) is 4.20. The molecule has 25 heavy (non-hydrogen) atoms. The standard InChI is InChI=1S/C20H22N2O3/c1-3-4-11-22(2)13-16-17(23)9-8-15-19(24)18(25-20(15)16)12-14-7-5-6-10-21-14/h5-10,12,23H,3-4,11,13H2,1-2H3/b18-12-. The Hall–Kier alpha value is -2.66. The summed E-state index contributed by atoms with van der Waals surface area (Å²) in [5.74, 6) is 0.652. The van der Waals surface area contributed by atoms with Crippen molar-refractivity contribution in [2.75, 3.05) is 13.6 Å². The van der Waals surface area contributed by atoms with Gasteiger partial charge >= 0.3 is 0 Å². The zero-order valence-corrected chi connectivity index (χ0v) is 14.5. The van der Waals surface area contributed by atoms with Crippen molar-refractivity contribution in [3.8, 4) is 11.5 Å². The summed E-state index contributed by atoms with van der Waals surface area (Å²) >= 11 is 0. The van der Waals surface area contributed by atoms with Crippen molar-refractivity contribution in [2.45, 2.75) is 26.3 Å². The number of Topliss-reactive ketones (excluding diaryl/α,β-unsaturated/α-hetero) is 1. The molecule has 0 saturated carbocycles. The van der Waals surface area contributed by atoms with Crippen LogP contribution in [0.1, 0.15) is 41.4 Å². The highest BCUT2D eigenvalue weighted by atomic mass is 16.5. The quantitative estimate of drug-likeness (QED) is 0.815. The number of phenolic OH excluding ortho intramolecular Hbond substituents is 1. The second-order valence-electron chi connectivity index (χ2n) is 6.23. The Kier molecular flexibility index (Phi) is 5.14. The van der Waals surface area contributed by atoms with Gasteiger partial charge in [0.15, 0.2) is 5.76 Å². The van der Waals surface area contributed by atoms with E-state index in [0.29, 0.717) is 29.1 Å². The summed E-state index contributed by atoms with van der Waals surface area (Å²) in [5, 5.41) is 10.3. The molecule has 5 heteroatoms. The van der Waals surface area contributed by atoms with Crippen molar-refractivity contribution in [1.82, 2.24) is 9.88 Å². The van der Waals surface area contributed by atoms with Crippen LogP contribution in [0.5, 0.6) is 11.5 Å². The molecule has 5 nitrogen and oxygen atoms in total. The Labute approximate surface area is 147 Å². The fraction of sp³-hybridized carbons (Fsp3) is 0.300. The fourth-order valence-electron chi connectivity index (χ4n) is 2.82. The lowest BCUT2D eigenvalue weighted by atomic mass is 10.0. The van der Waals surface area contributed by atoms with Crippen LogP contribution in [0.15, 0.2) is 42.3 Å². The highest BCUT2D eigenvalue weighted by Crippen LogP contribution is 2.39. The van der Waals surface area contributed by atoms with Crippen LogP contribution < -0.4 is 4.74 Å². The molecule has 0 aliphatic carbocycles. The number of carbonyl (C=O) groups is 1. The number of fused-ring (bicyclic) bond motifs is 1. The lowest BCUT2D eigenvalue weighted by Gasteiger charge is -2.18. The van der Waals surface area contributed by atoms with Gasteiger partial charge < -0.3 is 14.7 Å². The second kappa shape index (κ2) is 7.49. The molecule has 0 atom stereocenters. The molecule has 1 aromatic heterocycles. The van der Waals surface area contributed by atoms with Crippen LogP contribution in [0.25, 0.3) is 6.08 Å². The normalized spacial score (nSPS) is 14.8. The summed E-state index contributed by atoms with van der Waals surface area (Å²) < 4.78 is 5.83. The molecular formula is C20H22N2O3. The molecule has 1 N–H and O–H groups in total. The fourth-order valence-corrected chi connectivity index (χ4v) is 2.82. The van der Waals surface area contributed by atoms with Crippen LogP contribution >= 0.6 is 0 Å². The number of pyridine rings is 1. The van der Waals surface area contributed by atoms with Crippen molar-refractivity contribution < 1.29 is 14.6 Å². The van der Waals surface area contributed by atoms with Crippen LogP contribution in [0.4, 0.5) is 0 Å². The number of hydrogen-bond acceptors (Lipinski definition) is 5. The summed E-state index contributed by atoms with van der Waals surface area (Å²) in [4.78, 5) is 18.9. The van der Waals surface area contributed by atoms with Gasteiger partial charge in [0, 0.05) is 18.8 Å². The van der Waals surface area contributed by atoms with Gasteiger partial charge in [-0.15, -0.1) is 0 Å². The van der Waals surface area contributed by atoms with Crippen LogP contribution in [-0.4, -0.2) is 34.4 Å². The third-order valence-corrected chi connectivity index (χ3v) is 4.20. The molecule has 0 bridgehead atoms. The lowest BCUT2D eigenvalue weighted by molar-refractivity contribution is 0.101. The zero-order chi connectivity index (χ0) is 17.8. The van der Waals surface area contributed by atoms with Crippen molar-refractivity contribution in [1.29, 1.82) is 0 Å². The number of allylic oxidation sites excluding steroid dienone is 1. The van der Waals surface area contributed by atoms with Gasteiger partial charge in [-0.2, -0.15) is 0 Å². The minimum atomic E-state index is -0.182. The van der Waals surface area contributed by atoms with E-state index >= 15 is 0 Å². The van der Waals surface area contributed by atoms with Crippen molar-refractivity contribution in [3.05, 3.63) is 59.1 Å². The molecule has 0 unspecified atom stereocenters. The minimum absolute atomic E-state index is 0.147. The Morgan fingerprint density at radius 3 is 2.84 bits per heavy atom. The second-order valence-corrected chi connectivity index (χ2v) is 6.23. The largest absolute Gasteiger partial charge is 0.507 e. The first kappa shape index (κ1) is 17.2. The molecule has 2 aromatic rings. The van der Waals surface area contributed by atoms with Gasteiger partial charge in [-0.25, -0.2) is 0 Å². The number of ketones is 1. The molecule has 130 valence electrons. The van der Waals surface area contributed by atoms with E-state index in [1.165, 1.54) is 0 Å². The van der Waals surface area contributed by atoms with E-state index in [0.717, 1.165) is 19.4 Å². The van der Waals surface area contributed by atoms with Crippen LogP contribution in [0.3, 0.4) is 0 Å². The number of benzene rings is 1. The highest BCUT2D eigenvalue weighted by molar-refractivity contribution is 6.14. The van der Waals surface area contributed by atoms with Gasteiger partial charge in [0.1, 0.15) is 11.5 Å². The maximum absolute atomic E-state index is 12.6. The average molecular weight is 338 g/mol. The molecule has 2 heterocycles. The van der Waals surface area contributed by atoms with E-state index < -0.39 is 0 Å². The van der Waals surface area contributed by atoms with Crippen LogP contribution in [0, 0.1) is 0 Å². The highest BCUT2D eigenvalue weighted by Gasteiger charge is 2.31. The first-order valence-corrected chi connectivity index (χ1v) is 8.48. The molecule has 0 fully saturated rings. The Morgan fingerprint density at radius 2 is 2.12 bits per heavy atom. The van der Waals surface area contributed by atoms with E-state index in [1.807, 2.05) is 25.2 Å². The summed E-state index contributed by atoms with van der Waals surface area (Å²) in [6.45, 7) is 3.59. The number of hydrogen-bond donors (Lipinski definition) is 1. The van der Waals surface area contributed by atoms with E-state index in [-0.39, 0.29) is 17.3 Å². The number of nitrogens with zero attached hydrogens (tertiary/aromatic N) is 2. The maximum atomic E-state index is 12.6. The molecule has 0 saturated heterocycles. The van der Waals surface area contributed by atoms with Gasteiger partial charge in [-0.3, -0.25) is 9.78 Å². The van der Waals surface area contributed by atoms with Gasteiger partial charge in [-0.1, -0.05) is 19.4 Å². The van der Waals surface area contributed by atoms with E-state index in [4.69, 9.17) is 4.74 Å². The monoisotopic (exact) mass is 338 g/mol. The summed E-state index contributed by atoms with van der Waals surface area (Å²) in [7, 11) is 2.00. The van der Waals surface area contributed by atoms with E-state index in [9.17, 15) is 9.90 Å². The summed E-state index contributed by atoms with van der Waals surface area (Å²) in [6, 6.07) is 8.65. The summed E-state index contributed by atoms with van der Waals surface area (Å²) in [6.07, 6.45) is 5.48. The number of carbonyl (C=O) groups excluding carboxylic acids is 1. The Morgan fingerprint density at radius 1 is 1.28 bits per heavy atom. The van der Waals surface area contributed by atoms with Crippen LogP contribution in [0.2, 0.25) is 0 Å². The smallest absolute Gasteiger partial charge is 0.232 e. The third kappa shape index (κ3) is 3.72. The molecule has 0 radical (unpaired) electrons. The molecular weight excluding hydrogens is 316 g/mol. The first-order chi connectivity index (χ1) is 12.1. The van der Waals surface area contributed by atoms with Gasteiger partial charge in [0.05, 0.1) is 16.8 Å². The van der Waals surface area contributed by atoms with E-state index in [2.05, 4.69) is 16.8 Å². The Bertz CT molecular complexity index is 800. The molecule has 3 rings (SSSR count). The van der Waals surface area contributed by atoms with Gasteiger partial charge in [0.25, 0.3) is 0 Å². The number of ether oxygens (including phenoxy) is 1. The Balaban J connectivity index is 1.89. The molecule has 0 spiro atoms. The molecule has 0 amide bonds. The van der Waals surface area contributed by atoms with Gasteiger partial charge in [-0.05, 0) is 44.3 Å². The minimum Gasteiger partial charge on any atom is -0.507 e. The van der Waals surface area contributed by atoms with Crippen LogP contribution in [-0.2, 0) is 6.54 Å². The predicted octanol–water partition coefficient (Wildman–Crippen LogP) is 3.64. The van der Waals surface area contributed by atoms with Gasteiger partial charge in [0.2, 0.25) is 5.78 Å². The number of unbranched alkanes of at least 4 members (excludes halogenated alkanes) is 1. The topological polar surface area (TPSA) is 62.7 Å². The van der Waals surface area contributed by atoms with E-state index in [1.54, 1.807) is 24.4 Å². The number of aromatic nitrogens is 1. The van der Waals surface area contributed by atoms with Crippen molar-refractivity contribution >= 4 is 11.9 Å². The maximum Gasteiger partial charge on any atom is 0.232 e. The SMILES string of the molecule is CCCCN(C)Cc1c(O)ccc2c1O/C(=C\c1ccccn1)C2=O. The molecule has 1 aliphatic rings. The zero-order valence-electron chi connectivity index (χ0n) is 14.5. The number of rotatable bonds is 6. The number of phenols is 1.